The van der Waals surface area contributed by atoms with E-state index in [0.29, 0.717) is 29.2 Å². The van der Waals surface area contributed by atoms with Crippen LogP contribution in [0.3, 0.4) is 0 Å². The fourth-order valence-electron chi connectivity index (χ4n) is 1.47. The van der Waals surface area contributed by atoms with E-state index >= 15 is 0 Å². The lowest BCUT2D eigenvalue weighted by molar-refractivity contribution is -0.121. The molecule has 5 heteroatoms. The van der Waals surface area contributed by atoms with Crippen LogP contribution >= 0.6 is 11.6 Å². The summed E-state index contributed by atoms with van der Waals surface area (Å²) >= 11 is 5.79. The average molecular weight is 266 g/mol. The van der Waals surface area contributed by atoms with E-state index in [0.717, 1.165) is 0 Å². The second kappa shape index (κ2) is 6.87. The monoisotopic (exact) mass is 265 g/mol. The summed E-state index contributed by atoms with van der Waals surface area (Å²) in [5.74, 6) is -0.00929. The van der Waals surface area contributed by atoms with E-state index in [1.165, 1.54) is 0 Å². The van der Waals surface area contributed by atoms with E-state index in [1.54, 1.807) is 18.2 Å². The number of anilines is 1. The number of carbonyl (C=O) groups excluding carboxylic acids is 1. The van der Waals surface area contributed by atoms with Crippen molar-refractivity contribution in [3.63, 3.8) is 0 Å². The predicted molar refractivity (Wildman–Crippen MR) is 72.6 cm³/mol. The molecule has 2 N–H and O–H groups in total. The number of benzene rings is 1. The average Bonchev–Trinajstić information content (AvgIpc) is 2.30. The van der Waals surface area contributed by atoms with Crippen LogP contribution in [0.2, 0.25) is 5.02 Å². The number of halogens is 1. The molecular weight excluding hydrogens is 250 g/mol. The van der Waals surface area contributed by atoms with Crippen molar-refractivity contribution in [2.75, 3.05) is 11.9 Å². The van der Waals surface area contributed by atoms with Crippen molar-refractivity contribution in [1.29, 1.82) is 5.26 Å². The summed E-state index contributed by atoms with van der Waals surface area (Å²) in [7, 11) is 0. The predicted octanol–water partition coefficient (Wildman–Crippen LogP) is 2.54. The minimum absolute atomic E-state index is 0.00929. The number of nitriles is 1. The molecule has 0 aliphatic rings. The minimum Gasteiger partial charge on any atom is -0.383 e. The molecule has 0 saturated carbocycles. The highest BCUT2D eigenvalue weighted by atomic mass is 35.5. The van der Waals surface area contributed by atoms with Gasteiger partial charge in [-0.15, -0.1) is 0 Å². The van der Waals surface area contributed by atoms with E-state index in [-0.39, 0.29) is 11.9 Å². The molecule has 0 atom stereocenters. The number of nitrogens with zero attached hydrogens (tertiary/aromatic N) is 1. The molecule has 0 aliphatic carbocycles. The Labute approximate surface area is 112 Å². The number of nitrogens with one attached hydrogen (secondary N) is 2. The molecule has 4 nitrogen and oxygen atoms in total. The summed E-state index contributed by atoms with van der Waals surface area (Å²) in [5.41, 5.74) is 1.17. The van der Waals surface area contributed by atoms with E-state index < -0.39 is 0 Å². The molecule has 96 valence electrons. The van der Waals surface area contributed by atoms with Gasteiger partial charge in [0.25, 0.3) is 0 Å². The molecule has 0 fully saturated rings. The smallest absolute Gasteiger partial charge is 0.221 e. The molecule has 1 aromatic rings. The van der Waals surface area contributed by atoms with Crippen LogP contribution in [-0.2, 0) is 4.79 Å². The van der Waals surface area contributed by atoms with Gasteiger partial charge < -0.3 is 10.6 Å². The summed E-state index contributed by atoms with van der Waals surface area (Å²) in [6, 6.07) is 7.24. The third kappa shape index (κ3) is 4.64. The van der Waals surface area contributed by atoms with E-state index in [4.69, 9.17) is 16.9 Å². The van der Waals surface area contributed by atoms with Crippen molar-refractivity contribution in [1.82, 2.24) is 5.32 Å². The van der Waals surface area contributed by atoms with Crippen molar-refractivity contribution in [3.05, 3.63) is 28.8 Å². The Morgan fingerprint density at radius 1 is 1.50 bits per heavy atom. The Kier molecular flexibility index (Phi) is 5.47. The van der Waals surface area contributed by atoms with Crippen LogP contribution in [0.1, 0.15) is 25.8 Å². The Balaban J connectivity index is 2.50. The topological polar surface area (TPSA) is 64.9 Å². The van der Waals surface area contributed by atoms with Gasteiger partial charge in [0, 0.05) is 24.0 Å². The van der Waals surface area contributed by atoms with E-state index in [1.807, 2.05) is 13.8 Å². The van der Waals surface area contributed by atoms with Crippen molar-refractivity contribution in [2.45, 2.75) is 26.3 Å². The van der Waals surface area contributed by atoms with E-state index in [2.05, 4.69) is 16.7 Å². The first kappa shape index (κ1) is 14.3. The molecule has 1 amide bonds. The fourth-order valence-corrected chi connectivity index (χ4v) is 1.64. The second-order valence-electron chi connectivity index (χ2n) is 4.20. The maximum atomic E-state index is 11.4. The summed E-state index contributed by atoms with van der Waals surface area (Å²) in [5, 5.41) is 15.3. The molecular formula is C13H16ClN3O. The highest BCUT2D eigenvalue weighted by Crippen LogP contribution is 2.19. The van der Waals surface area contributed by atoms with Gasteiger partial charge in [-0.1, -0.05) is 11.6 Å². The molecule has 0 bridgehead atoms. The van der Waals surface area contributed by atoms with Crippen LogP contribution in [0, 0.1) is 11.3 Å². The van der Waals surface area contributed by atoms with Crippen LogP contribution in [0.4, 0.5) is 5.69 Å². The zero-order valence-corrected chi connectivity index (χ0v) is 11.2. The molecule has 0 unspecified atom stereocenters. The quantitative estimate of drug-likeness (QED) is 0.860. The lowest BCUT2D eigenvalue weighted by Gasteiger charge is -2.10. The van der Waals surface area contributed by atoms with Crippen molar-refractivity contribution in [3.8, 4) is 6.07 Å². The highest BCUT2D eigenvalue weighted by molar-refractivity contribution is 6.30. The lowest BCUT2D eigenvalue weighted by atomic mass is 10.2. The zero-order valence-electron chi connectivity index (χ0n) is 10.5. The van der Waals surface area contributed by atoms with Crippen LogP contribution in [0.25, 0.3) is 0 Å². The van der Waals surface area contributed by atoms with Crippen molar-refractivity contribution >= 4 is 23.2 Å². The van der Waals surface area contributed by atoms with Gasteiger partial charge in [-0.25, -0.2) is 0 Å². The number of hydrogen-bond donors (Lipinski definition) is 2. The molecule has 0 heterocycles. The van der Waals surface area contributed by atoms with E-state index in [9.17, 15) is 4.79 Å². The first-order valence-corrected chi connectivity index (χ1v) is 6.13. The summed E-state index contributed by atoms with van der Waals surface area (Å²) in [6.07, 6.45) is 0.367. The number of hydrogen-bond acceptors (Lipinski definition) is 3. The summed E-state index contributed by atoms with van der Waals surface area (Å²) in [4.78, 5) is 11.4. The van der Waals surface area contributed by atoms with Crippen molar-refractivity contribution < 1.29 is 4.79 Å². The van der Waals surface area contributed by atoms with Gasteiger partial charge in [-0.05, 0) is 32.0 Å². The standard InChI is InChI=1S/C13H16ClN3O/c1-9(2)17-13(18)5-6-16-12-4-3-11(14)7-10(12)8-15/h3-4,7,9,16H,5-6H2,1-2H3,(H,17,18). The SMILES string of the molecule is CC(C)NC(=O)CCNc1ccc(Cl)cc1C#N. The van der Waals surface area contributed by atoms with Gasteiger partial charge in [-0.3, -0.25) is 4.79 Å². The fraction of sp³-hybridized carbons (Fsp3) is 0.385. The maximum Gasteiger partial charge on any atom is 0.221 e. The molecule has 0 aromatic heterocycles. The van der Waals surface area contributed by atoms with Crippen LogP contribution < -0.4 is 10.6 Å². The van der Waals surface area contributed by atoms with Gasteiger partial charge >= 0.3 is 0 Å². The molecule has 0 radical (unpaired) electrons. The Bertz CT molecular complexity index is 466. The number of carbonyl (C=O) groups is 1. The summed E-state index contributed by atoms with van der Waals surface area (Å²) < 4.78 is 0. The zero-order chi connectivity index (χ0) is 13.5. The largest absolute Gasteiger partial charge is 0.383 e. The van der Waals surface area contributed by atoms with Gasteiger partial charge in [-0.2, -0.15) is 5.26 Å². The summed E-state index contributed by atoms with van der Waals surface area (Å²) in [6.45, 7) is 4.31. The van der Waals surface area contributed by atoms with Crippen molar-refractivity contribution in [2.24, 2.45) is 0 Å². The third-order valence-corrected chi connectivity index (χ3v) is 2.45. The van der Waals surface area contributed by atoms with Crippen LogP contribution in [0.5, 0.6) is 0 Å². The second-order valence-corrected chi connectivity index (χ2v) is 4.64. The molecule has 18 heavy (non-hydrogen) atoms. The number of amides is 1. The molecule has 0 saturated heterocycles. The first-order valence-electron chi connectivity index (χ1n) is 5.76. The Morgan fingerprint density at radius 3 is 2.83 bits per heavy atom. The normalized spacial score (nSPS) is 9.94. The Morgan fingerprint density at radius 2 is 2.22 bits per heavy atom. The van der Waals surface area contributed by atoms with Gasteiger partial charge in [0.15, 0.2) is 0 Å². The number of rotatable bonds is 5. The molecule has 1 aromatic carbocycles. The van der Waals surface area contributed by atoms with Crippen LogP contribution in [-0.4, -0.2) is 18.5 Å². The van der Waals surface area contributed by atoms with Gasteiger partial charge in [0.2, 0.25) is 5.91 Å². The van der Waals surface area contributed by atoms with Crippen LogP contribution in [0.15, 0.2) is 18.2 Å². The first-order chi connectivity index (χ1) is 8.52. The molecule has 0 aliphatic heterocycles. The van der Waals surface area contributed by atoms with Gasteiger partial charge in [0.1, 0.15) is 6.07 Å². The van der Waals surface area contributed by atoms with Gasteiger partial charge in [0.05, 0.1) is 11.3 Å². The third-order valence-electron chi connectivity index (χ3n) is 2.22. The maximum absolute atomic E-state index is 11.4. The minimum atomic E-state index is -0.00929. The molecule has 1 rings (SSSR count). The highest BCUT2D eigenvalue weighted by Gasteiger charge is 2.05. The Hall–Kier alpha value is -1.73. The lowest BCUT2D eigenvalue weighted by Crippen LogP contribution is -2.31. The molecule has 0 spiro atoms.